The molecule has 0 heterocycles. The number of hydrogen-bond donors (Lipinski definition) is 3. The number of nitrogens with zero attached hydrogens (tertiary/aromatic N) is 1. The third kappa shape index (κ3) is 8.26. The molecular formula is C33H39F3N2O5S. The zero-order chi connectivity index (χ0) is 32.3. The van der Waals surface area contributed by atoms with Crippen LogP contribution in [-0.2, 0) is 40.3 Å². The van der Waals surface area contributed by atoms with Crippen LogP contribution in [0.2, 0.25) is 0 Å². The van der Waals surface area contributed by atoms with E-state index < -0.39 is 38.7 Å². The van der Waals surface area contributed by atoms with E-state index >= 15 is 0 Å². The van der Waals surface area contributed by atoms with Crippen LogP contribution in [0.1, 0.15) is 48.9 Å². The number of aliphatic hydroxyl groups excluding tert-OH is 1. The van der Waals surface area contributed by atoms with E-state index in [2.05, 4.69) is 17.4 Å². The summed E-state index contributed by atoms with van der Waals surface area (Å²) in [6, 6.07) is 17.3. The fourth-order valence-corrected chi connectivity index (χ4v) is 7.25. The number of benzene rings is 3. The highest BCUT2D eigenvalue weighted by atomic mass is 32.2. The molecular weight excluding hydrogens is 593 g/mol. The fourth-order valence-electron chi connectivity index (χ4n) is 6.02. The molecule has 11 heteroatoms. The number of aliphatic carboxylic acids is 1. The lowest BCUT2D eigenvalue weighted by atomic mass is 9.88. The molecule has 0 radical (unpaired) electrons. The summed E-state index contributed by atoms with van der Waals surface area (Å²) in [5.74, 6) is -0.633. The summed E-state index contributed by atoms with van der Waals surface area (Å²) in [5, 5.41) is 23.1. The zero-order valence-corrected chi connectivity index (χ0v) is 25.9. The summed E-state index contributed by atoms with van der Waals surface area (Å²) in [5.41, 5.74) is 1.58. The first-order chi connectivity index (χ1) is 20.6. The highest BCUT2D eigenvalue weighted by Gasteiger charge is 2.36. The maximum absolute atomic E-state index is 14.2. The van der Waals surface area contributed by atoms with Crippen molar-refractivity contribution in [2.45, 2.75) is 68.7 Å². The molecule has 1 aliphatic carbocycles. The monoisotopic (exact) mass is 632 g/mol. The number of alkyl halides is 3. The van der Waals surface area contributed by atoms with Gasteiger partial charge in [0.25, 0.3) is 0 Å². The second-order valence-corrected chi connectivity index (χ2v) is 14.3. The van der Waals surface area contributed by atoms with Crippen molar-refractivity contribution in [1.82, 2.24) is 9.62 Å². The van der Waals surface area contributed by atoms with Gasteiger partial charge in [-0.15, -0.1) is 0 Å². The summed E-state index contributed by atoms with van der Waals surface area (Å²) in [4.78, 5) is 10.5. The fraction of sp³-hybridized carbons (Fsp3) is 0.424. The smallest absolute Gasteiger partial charge is 0.417 e. The van der Waals surface area contributed by atoms with Crippen LogP contribution >= 0.6 is 0 Å². The van der Waals surface area contributed by atoms with E-state index in [1.165, 1.54) is 24.2 Å². The van der Waals surface area contributed by atoms with Gasteiger partial charge in [0, 0.05) is 32.1 Å². The van der Waals surface area contributed by atoms with Gasteiger partial charge in [0.1, 0.15) is 0 Å². The summed E-state index contributed by atoms with van der Waals surface area (Å²) < 4.78 is 70.3. The molecule has 0 saturated carbocycles. The number of aliphatic hydroxyl groups is 1. The molecule has 0 unspecified atom stereocenters. The molecule has 0 bridgehead atoms. The standard InChI is InChI=1S/C33H39F3N2O5S/c1-32(2,19-22-16-24-9-4-5-10-25(24)17-22)37-20-26(39)21-38(3)44(42,43)27-13-14-29(30(18-27)33(34,35)36)28-11-7-6-8-23(28)12-15-31(40)41/h4-11,13-14,18,22,26,37,39H,12,15-17,19-21H2,1-3H3,(H,40,41)/t26-/m1/s1. The van der Waals surface area contributed by atoms with E-state index in [9.17, 15) is 31.5 Å². The molecule has 0 saturated heterocycles. The molecule has 3 aromatic carbocycles. The van der Waals surface area contributed by atoms with Gasteiger partial charge < -0.3 is 15.5 Å². The highest BCUT2D eigenvalue weighted by molar-refractivity contribution is 7.89. The topological polar surface area (TPSA) is 107 Å². The van der Waals surface area contributed by atoms with E-state index in [-0.39, 0.29) is 42.6 Å². The Balaban J connectivity index is 1.44. The molecule has 0 spiro atoms. The molecule has 1 aliphatic rings. The van der Waals surface area contributed by atoms with E-state index in [0.717, 1.165) is 35.7 Å². The third-order valence-corrected chi connectivity index (χ3v) is 9.96. The van der Waals surface area contributed by atoms with Crippen LogP contribution in [0.4, 0.5) is 13.2 Å². The second-order valence-electron chi connectivity index (χ2n) is 12.2. The number of sulfonamides is 1. The Hall–Kier alpha value is -3.25. The maximum atomic E-state index is 14.2. The van der Waals surface area contributed by atoms with Gasteiger partial charge in [-0.25, -0.2) is 8.42 Å². The van der Waals surface area contributed by atoms with Gasteiger partial charge in [-0.2, -0.15) is 17.5 Å². The molecule has 0 fully saturated rings. The Labute approximate surface area is 256 Å². The van der Waals surface area contributed by atoms with Gasteiger partial charge >= 0.3 is 12.1 Å². The molecule has 7 nitrogen and oxygen atoms in total. The van der Waals surface area contributed by atoms with Crippen LogP contribution in [0, 0.1) is 5.92 Å². The third-order valence-electron chi connectivity index (χ3n) is 8.14. The average molecular weight is 633 g/mol. The number of hydrogen-bond acceptors (Lipinski definition) is 5. The molecule has 0 aliphatic heterocycles. The minimum atomic E-state index is -4.88. The van der Waals surface area contributed by atoms with Crippen LogP contribution in [0.3, 0.4) is 0 Å². The van der Waals surface area contributed by atoms with Crippen molar-refractivity contribution in [3.05, 3.63) is 89.0 Å². The first-order valence-electron chi connectivity index (χ1n) is 14.5. The molecule has 0 amide bonds. The Morgan fingerprint density at radius 2 is 1.61 bits per heavy atom. The van der Waals surface area contributed by atoms with Crippen LogP contribution in [-0.4, -0.2) is 60.7 Å². The second kappa shape index (κ2) is 13.4. The summed E-state index contributed by atoms with van der Waals surface area (Å²) in [7, 11) is -3.16. The van der Waals surface area contributed by atoms with E-state index in [1.807, 2.05) is 26.0 Å². The van der Waals surface area contributed by atoms with Crippen molar-refractivity contribution in [1.29, 1.82) is 0 Å². The number of aryl methyl sites for hydroxylation is 1. The number of carbonyl (C=O) groups is 1. The van der Waals surface area contributed by atoms with Gasteiger partial charge in [0.15, 0.2) is 0 Å². The van der Waals surface area contributed by atoms with Crippen molar-refractivity contribution in [3.8, 4) is 11.1 Å². The van der Waals surface area contributed by atoms with Gasteiger partial charge in [-0.1, -0.05) is 54.6 Å². The van der Waals surface area contributed by atoms with Crippen LogP contribution in [0.15, 0.2) is 71.6 Å². The van der Waals surface area contributed by atoms with Gasteiger partial charge in [0.05, 0.1) is 16.6 Å². The summed E-state index contributed by atoms with van der Waals surface area (Å²) >= 11 is 0. The maximum Gasteiger partial charge on any atom is 0.417 e. The SMILES string of the molecule is CN(C[C@H](O)CNC(C)(C)CC1Cc2ccccc2C1)S(=O)(=O)c1ccc(-c2ccccc2CCC(=O)O)c(C(F)(F)F)c1. The number of nitrogens with one attached hydrogen (secondary N) is 1. The van der Waals surface area contributed by atoms with Gasteiger partial charge in [-0.05, 0) is 85.4 Å². The quantitative estimate of drug-likeness (QED) is 0.228. The van der Waals surface area contributed by atoms with Crippen molar-refractivity contribution in [3.63, 3.8) is 0 Å². The predicted octanol–water partition coefficient (Wildman–Crippen LogP) is 5.54. The molecule has 3 aromatic rings. The molecule has 238 valence electrons. The Morgan fingerprint density at radius 1 is 1.00 bits per heavy atom. The minimum absolute atomic E-state index is 0.0165. The number of halogens is 3. The minimum Gasteiger partial charge on any atom is -0.481 e. The Morgan fingerprint density at radius 3 is 2.23 bits per heavy atom. The summed E-state index contributed by atoms with van der Waals surface area (Å²) in [6.45, 7) is 3.85. The first-order valence-corrected chi connectivity index (χ1v) is 16.0. The summed E-state index contributed by atoms with van der Waals surface area (Å²) in [6.07, 6.45) is -3.41. The first kappa shape index (κ1) is 33.6. The number of likely N-dealkylation sites (N-methyl/N-ethyl adjacent to an activating group) is 1. The van der Waals surface area contributed by atoms with Crippen LogP contribution in [0.25, 0.3) is 11.1 Å². The van der Waals surface area contributed by atoms with Crippen molar-refractivity contribution >= 4 is 16.0 Å². The number of β-amino-alcohol motifs (C(OH)–C–C–N with tert-alkyl or cyclic N) is 1. The Kier molecular flexibility index (Phi) is 10.2. The van der Waals surface area contributed by atoms with Crippen molar-refractivity contribution in [2.75, 3.05) is 20.1 Å². The van der Waals surface area contributed by atoms with E-state index in [0.29, 0.717) is 17.5 Å². The van der Waals surface area contributed by atoms with Crippen LogP contribution in [0.5, 0.6) is 0 Å². The van der Waals surface area contributed by atoms with E-state index in [1.54, 1.807) is 18.2 Å². The molecule has 44 heavy (non-hydrogen) atoms. The highest BCUT2D eigenvalue weighted by Crippen LogP contribution is 2.40. The lowest BCUT2D eigenvalue weighted by Crippen LogP contribution is -2.47. The van der Waals surface area contributed by atoms with Gasteiger partial charge in [0.2, 0.25) is 10.0 Å². The zero-order valence-electron chi connectivity index (χ0n) is 25.1. The van der Waals surface area contributed by atoms with Crippen molar-refractivity contribution < 1.29 is 36.6 Å². The number of rotatable bonds is 13. The van der Waals surface area contributed by atoms with Gasteiger partial charge in [-0.3, -0.25) is 4.79 Å². The average Bonchev–Trinajstić information content (AvgIpc) is 3.36. The number of fused-ring (bicyclic) bond motifs is 1. The van der Waals surface area contributed by atoms with Crippen LogP contribution < -0.4 is 5.32 Å². The molecule has 3 N–H and O–H groups in total. The molecule has 4 rings (SSSR count). The predicted molar refractivity (Wildman–Crippen MR) is 163 cm³/mol. The number of carboxylic acids is 1. The molecule has 1 atom stereocenters. The Bertz CT molecular complexity index is 1570. The largest absolute Gasteiger partial charge is 0.481 e. The number of carboxylic acid groups (broad SMARTS) is 1. The molecule has 0 aromatic heterocycles. The van der Waals surface area contributed by atoms with E-state index in [4.69, 9.17) is 5.11 Å². The lowest BCUT2D eigenvalue weighted by Gasteiger charge is -2.31. The lowest BCUT2D eigenvalue weighted by molar-refractivity contribution is -0.138. The van der Waals surface area contributed by atoms with Crippen molar-refractivity contribution in [2.24, 2.45) is 5.92 Å². The normalized spacial score (nSPS) is 15.0.